The Bertz CT molecular complexity index is 737. The molecule has 0 aliphatic rings. The molecule has 2 rings (SSSR count). The molecule has 0 aromatic heterocycles. The molecule has 0 fully saturated rings. The van der Waals surface area contributed by atoms with Gasteiger partial charge in [0.25, 0.3) is 0 Å². The monoisotopic (exact) mass is 356 g/mol. The Morgan fingerprint density at radius 1 is 1.12 bits per heavy atom. The molecule has 130 valence electrons. The second kappa shape index (κ2) is 9.54. The fraction of sp³-hybridized carbons (Fsp3) is 0.158. The van der Waals surface area contributed by atoms with Crippen molar-refractivity contribution in [3.8, 4) is 0 Å². The number of hydrogen-bond acceptors (Lipinski definition) is 3. The standard InChI is InChI=1S/C19H21FN4S/c1-24(2)18-11-7-15(8-12-18)4-3-13-22-23-19(25)21-14-16-5-9-17(20)10-6-16/h3-13H,14H2,1-2H3,(H2,21,23,25)/b4-3+,22-13+. The summed E-state index contributed by atoms with van der Waals surface area (Å²) in [7, 11) is 4.02. The average Bonchev–Trinajstić information content (AvgIpc) is 2.61. The van der Waals surface area contributed by atoms with Crippen molar-refractivity contribution in [2.24, 2.45) is 5.10 Å². The summed E-state index contributed by atoms with van der Waals surface area (Å²) < 4.78 is 12.8. The molecule has 2 N–H and O–H groups in total. The highest BCUT2D eigenvalue weighted by atomic mass is 32.1. The predicted octanol–water partition coefficient (Wildman–Crippen LogP) is 3.56. The van der Waals surface area contributed by atoms with E-state index in [9.17, 15) is 4.39 Å². The van der Waals surface area contributed by atoms with Crippen molar-refractivity contribution >= 4 is 35.3 Å². The van der Waals surface area contributed by atoms with Crippen LogP contribution in [-0.4, -0.2) is 25.4 Å². The molecule has 0 saturated carbocycles. The number of benzene rings is 2. The molecule has 0 spiro atoms. The third-order valence-electron chi connectivity index (χ3n) is 3.39. The quantitative estimate of drug-likeness (QED) is 0.472. The molecule has 0 aliphatic carbocycles. The number of thiocarbonyl (C=S) groups is 1. The van der Waals surface area contributed by atoms with Gasteiger partial charge in [0.05, 0.1) is 0 Å². The third kappa shape index (κ3) is 6.73. The zero-order valence-corrected chi connectivity index (χ0v) is 15.1. The van der Waals surface area contributed by atoms with Crippen LogP contribution in [-0.2, 0) is 6.54 Å². The Labute approximate surface area is 153 Å². The molecular formula is C19H21FN4S. The Morgan fingerprint density at radius 3 is 2.44 bits per heavy atom. The van der Waals surface area contributed by atoms with E-state index in [0.29, 0.717) is 11.7 Å². The van der Waals surface area contributed by atoms with E-state index in [2.05, 4.69) is 32.9 Å². The molecule has 0 atom stereocenters. The van der Waals surface area contributed by atoms with Crippen LogP contribution in [0.15, 0.2) is 59.7 Å². The van der Waals surface area contributed by atoms with E-state index in [1.807, 2.05) is 38.4 Å². The van der Waals surface area contributed by atoms with E-state index < -0.39 is 0 Å². The smallest absolute Gasteiger partial charge is 0.187 e. The van der Waals surface area contributed by atoms with Crippen molar-refractivity contribution in [2.75, 3.05) is 19.0 Å². The normalized spacial score (nSPS) is 11.0. The number of hydrazone groups is 1. The zero-order valence-electron chi connectivity index (χ0n) is 14.2. The van der Waals surface area contributed by atoms with Gasteiger partial charge in [-0.25, -0.2) is 4.39 Å². The molecule has 4 nitrogen and oxygen atoms in total. The number of hydrogen-bond donors (Lipinski definition) is 2. The molecule has 0 heterocycles. The number of allylic oxidation sites excluding steroid dienone is 1. The summed E-state index contributed by atoms with van der Waals surface area (Å²) in [5.74, 6) is -0.253. The van der Waals surface area contributed by atoms with Crippen LogP contribution in [0.1, 0.15) is 11.1 Å². The van der Waals surface area contributed by atoms with Crippen LogP contribution in [0.25, 0.3) is 6.08 Å². The van der Waals surface area contributed by atoms with Crippen LogP contribution in [0.3, 0.4) is 0 Å². The van der Waals surface area contributed by atoms with Gasteiger partial charge in [0.15, 0.2) is 5.11 Å². The Morgan fingerprint density at radius 2 is 1.80 bits per heavy atom. The van der Waals surface area contributed by atoms with Crippen molar-refractivity contribution in [3.63, 3.8) is 0 Å². The first-order valence-corrected chi connectivity index (χ1v) is 8.21. The van der Waals surface area contributed by atoms with Crippen LogP contribution in [0.4, 0.5) is 10.1 Å². The molecule has 0 unspecified atom stereocenters. The fourth-order valence-electron chi connectivity index (χ4n) is 2.00. The summed E-state index contributed by atoms with van der Waals surface area (Å²) in [5.41, 5.74) is 5.92. The molecule has 0 amide bonds. The summed E-state index contributed by atoms with van der Waals surface area (Å²) >= 11 is 5.12. The number of nitrogens with one attached hydrogen (secondary N) is 2. The molecule has 6 heteroatoms. The molecule has 0 aliphatic heterocycles. The van der Waals surface area contributed by atoms with Gasteiger partial charge in [0, 0.05) is 32.5 Å². The van der Waals surface area contributed by atoms with Crippen LogP contribution < -0.4 is 15.6 Å². The number of halogens is 1. The van der Waals surface area contributed by atoms with E-state index in [1.54, 1.807) is 18.3 Å². The second-order valence-corrected chi connectivity index (χ2v) is 5.95. The van der Waals surface area contributed by atoms with Crippen LogP contribution in [0.2, 0.25) is 0 Å². The van der Waals surface area contributed by atoms with Gasteiger partial charge in [-0.3, -0.25) is 5.43 Å². The third-order valence-corrected chi connectivity index (χ3v) is 3.63. The molecule has 25 heavy (non-hydrogen) atoms. The van der Waals surface area contributed by atoms with Gasteiger partial charge < -0.3 is 10.2 Å². The Hall–Kier alpha value is -2.73. The Balaban J connectivity index is 1.72. The highest BCUT2D eigenvalue weighted by Gasteiger charge is 1.96. The lowest BCUT2D eigenvalue weighted by molar-refractivity contribution is 0.626. The van der Waals surface area contributed by atoms with Gasteiger partial charge in [-0.1, -0.05) is 30.3 Å². The van der Waals surface area contributed by atoms with Crippen molar-refractivity contribution in [1.29, 1.82) is 0 Å². The summed E-state index contributed by atoms with van der Waals surface area (Å²) in [5, 5.41) is 7.43. The molecule has 2 aromatic rings. The first kappa shape index (κ1) is 18.6. The summed E-state index contributed by atoms with van der Waals surface area (Å²) in [6.45, 7) is 0.510. The van der Waals surface area contributed by atoms with Crippen molar-refractivity contribution < 1.29 is 4.39 Å². The highest BCUT2D eigenvalue weighted by Crippen LogP contribution is 2.12. The van der Waals surface area contributed by atoms with E-state index in [0.717, 1.165) is 16.8 Å². The lowest BCUT2D eigenvalue weighted by Crippen LogP contribution is -2.31. The summed E-state index contributed by atoms with van der Waals surface area (Å²) in [4.78, 5) is 2.05. The maximum absolute atomic E-state index is 12.8. The topological polar surface area (TPSA) is 39.7 Å². The minimum Gasteiger partial charge on any atom is -0.378 e. The van der Waals surface area contributed by atoms with E-state index >= 15 is 0 Å². The maximum Gasteiger partial charge on any atom is 0.187 e. The first-order valence-electron chi connectivity index (χ1n) is 7.80. The molecule has 0 saturated heterocycles. The first-order chi connectivity index (χ1) is 12.0. The van der Waals surface area contributed by atoms with Gasteiger partial charge in [0.2, 0.25) is 0 Å². The van der Waals surface area contributed by atoms with Crippen molar-refractivity contribution in [3.05, 3.63) is 71.6 Å². The average molecular weight is 356 g/mol. The van der Waals surface area contributed by atoms with Gasteiger partial charge in [-0.05, 0) is 53.7 Å². The number of anilines is 1. The van der Waals surface area contributed by atoms with Crippen LogP contribution in [0, 0.1) is 5.82 Å². The van der Waals surface area contributed by atoms with Crippen LogP contribution in [0.5, 0.6) is 0 Å². The number of nitrogens with zero attached hydrogens (tertiary/aromatic N) is 2. The van der Waals surface area contributed by atoms with E-state index in [4.69, 9.17) is 12.2 Å². The summed E-state index contributed by atoms with van der Waals surface area (Å²) in [6.07, 6.45) is 5.42. The van der Waals surface area contributed by atoms with Crippen LogP contribution >= 0.6 is 12.2 Å². The van der Waals surface area contributed by atoms with Gasteiger partial charge in [-0.2, -0.15) is 5.10 Å². The SMILES string of the molecule is CN(C)c1ccc(/C=C/C=N/NC(=S)NCc2ccc(F)cc2)cc1. The largest absolute Gasteiger partial charge is 0.378 e. The van der Waals surface area contributed by atoms with Gasteiger partial charge >= 0.3 is 0 Å². The lowest BCUT2D eigenvalue weighted by atomic mass is 10.2. The van der Waals surface area contributed by atoms with E-state index in [-0.39, 0.29) is 5.82 Å². The molecule has 0 bridgehead atoms. The minimum absolute atomic E-state index is 0.253. The lowest BCUT2D eigenvalue weighted by Gasteiger charge is -2.11. The minimum atomic E-state index is -0.253. The van der Waals surface area contributed by atoms with Gasteiger partial charge in [0.1, 0.15) is 5.82 Å². The Kier molecular flexibility index (Phi) is 7.10. The zero-order chi connectivity index (χ0) is 18.1. The van der Waals surface area contributed by atoms with E-state index in [1.165, 1.54) is 12.1 Å². The van der Waals surface area contributed by atoms with Gasteiger partial charge in [-0.15, -0.1) is 0 Å². The highest BCUT2D eigenvalue weighted by molar-refractivity contribution is 7.80. The predicted molar refractivity (Wildman–Crippen MR) is 107 cm³/mol. The molecule has 0 radical (unpaired) electrons. The molecular weight excluding hydrogens is 335 g/mol. The maximum atomic E-state index is 12.8. The van der Waals surface area contributed by atoms with Crippen molar-refractivity contribution in [2.45, 2.75) is 6.54 Å². The fourth-order valence-corrected chi connectivity index (χ4v) is 2.13. The second-order valence-electron chi connectivity index (χ2n) is 5.54. The summed E-state index contributed by atoms with van der Waals surface area (Å²) in [6, 6.07) is 14.5. The van der Waals surface area contributed by atoms with Crippen molar-refractivity contribution in [1.82, 2.24) is 10.7 Å². The molecule has 2 aromatic carbocycles. The number of rotatable bonds is 6.